The molecule has 0 aliphatic rings. The molecule has 2 rings (SSSR count). The molecule has 1 atom stereocenters. The maximum absolute atomic E-state index is 12.1. The highest BCUT2D eigenvalue weighted by Gasteiger charge is 2.20. The normalized spacial score (nSPS) is 12.8. The van der Waals surface area contributed by atoms with Crippen LogP contribution < -0.4 is 11.1 Å². The number of rotatable bonds is 3. The molecule has 112 valence electrons. The lowest BCUT2D eigenvalue weighted by molar-refractivity contribution is 0.0540. The van der Waals surface area contributed by atoms with E-state index in [9.17, 15) is 4.79 Å². The van der Waals surface area contributed by atoms with Gasteiger partial charge in [-0.25, -0.2) is 14.3 Å². The maximum Gasteiger partial charge on any atom is 0.421 e. The van der Waals surface area contributed by atoms with E-state index in [-0.39, 0.29) is 0 Å². The molecule has 1 heterocycles. The van der Waals surface area contributed by atoms with E-state index in [1.54, 1.807) is 0 Å². The van der Waals surface area contributed by atoms with Crippen LogP contribution in [0.3, 0.4) is 0 Å². The van der Waals surface area contributed by atoms with Gasteiger partial charge in [0.25, 0.3) is 0 Å². The number of ether oxygens (including phenoxy) is 1. The summed E-state index contributed by atoms with van der Waals surface area (Å²) in [6, 6.07) is 9.52. The van der Waals surface area contributed by atoms with Crippen LogP contribution in [0.15, 0.2) is 42.7 Å². The monoisotopic (exact) mass is 288 g/mol. The number of aromatic nitrogens is 2. The first kappa shape index (κ1) is 15.1. The van der Waals surface area contributed by atoms with Gasteiger partial charge in [0, 0.05) is 12.4 Å². The summed E-state index contributed by atoms with van der Waals surface area (Å²) in [5.41, 5.74) is 6.40. The fraction of sp³-hybridized carbons (Fsp3) is 0.333. The van der Waals surface area contributed by atoms with Gasteiger partial charge < -0.3 is 15.8 Å². The molecule has 0 saturated carbocycles. The molecule has 0 bridgehead atoms. The summed E-state index contributed by atoms with van der Waals surface area (Å²) in [5, 5.41) is 3.00. The minimum atomic E-state index is -0.569. The molecule has 2 aromatic rings. The molecule has 0 saturated heterocycles. The van der Waals surface area contributed by atoms with Crippen molar-refractivity contribution in [3.05, 3.63) is 48.3 Å². The van der Waals surface area contributed by atoms with Crippen LogP contribution in [0.5, 0.6) is 0 Å². The third-order valence-corrected chi connectivity index (χ3v) is 2.67. The number of anilines is 1. The molecular formula is C15H20N4O2. The van der Waals surface area contributed by atoms with E-state index in [1.807, 2.05) is 51.1 Å². The number of nitrogens with one attached hydrogen (secondary N) is 1. The van der Waals surface area contributed by atoms with Crippen LogP contribution in [0.25, 0.3) is 0 Å². The van der Waals surface area contributed by atoms with E-state index in [0.29, 0.717) is 5.95 Å². The first-order valence-corrected chi connectivity index (χ1v) is 6.70. The molecule has 6 nitrogen and oxygen atoms in total. The Morgan fingerprint density at radius 3 is 2.62 bits per heavy atom. The quantitative estimate of drug-likeness (QED) is 0.849. The second-order valence-corrected chi connectivity index (χ2v) is 5.63. The molecule has 1 aromatic carbocycles. The van der Waals surface area contributed by atoms with Gasteiger partial charge in [-0.15, -0.1) is 0 Å². The van der Waals surface area contributed by atoms with Crippen LogP contribution in [0.4, 0.5) is 10.7 Å². The fourth-order valence-corrected chi connectivity index (χ4v) is 1.75. The Bertz CT molecular complexity index is 602. The number of carbonyl (C=O) groups excluding carboxylic acids is 1. The zero-order chi connectivity index (χ0) is 15.5. The third-order valence-electron chi connectivity index (χ3n) is 2.67. The van der Waals surface area contributed by atoms with E-state index in [4.69, 9.17) is 10.5 Å². The average Bonchev–Trinajstić information content (AvgIpc) is 2.86. The Hall–Kier alpha value is -2.34. The number of nitrogens with two attached hydrogens (primary N) is 1. The summed E-state index contributed by atoms with van der Waals surface area (Å²) in [5.74, 6) is 0.348. The van der Waals surface area contributed by atoms with Gasteiger partial charge in [0.15, 0.2) is 0 Å². The maximum atomic E-state index is 12.1. The highest BCUT2D eigenvalue weighted by molar-refractivity contribution is 5.74. The Morgan fingerprint density at radius 2 is 2.00 bits per heavy atom. The Balaban J connectivity index is 2.12. The fourth-order valence-electron chi connectivity index (χ4n) is 1.75. The SMILES string of the molecule is CC(C)(C)OC(=O)n1ccnc1NC(N)c1ccccc1. The largest absolute Gasteiger partial charge is 0.443 e. The third kappa shape index (κ3) is 4.06. The lowest BCUT2D eigenvalue weighted by Gasteiger charge is -2.21. The molecule has 1 unspecified atom stereocenters. The van der Waals surface area contributed by atoms with Crippen LogP contribution in [0.2, 0.25) is 0 Å². The summed E-state index contributed by atoms with van der Waals surface area (Å²) in [6.45, 7) is 5.43. The summed E-state index contributed by atoms with van der Waals surface area (Å²) in [4.78, 5) is 16.2. The van der Waals surface area contributed by atoms with Crippen LogP contribution in [-0.2, 0) is 4.74 Å². The molecule has 21 heavy (non-hydrogen) atoms. The summed E-state index contributed by atoms with van der Waals surface area (Å²) < 4.78 is 6.61. The van der Waals surface area contributed by atoms with Crippen molar-refractivity contribution in [2.24, 2.45) is 5.73 Å². The van der Waals surface area contributed by atoms with Crippen molar-refractivity contribution in [3.63, 3.8) is 0 Å². The molecule has 0 spiro atoms. The van der Waals surface area contributed by atoms with Crippen LogP contribution >= 0.6 is 0 Å². The van der Waals surface area contributed by atoms with Crippen LogP contribution in [0, 0.1) is 0 Å². The van der Waals surface area contributed by atoms with Crippen molar-refractivity contribution in [1.82, 2.24) is 9.55 Å². The highest BCUT2D eigenvalue weighted by Crippen LogP contribution is 2.16. The van der Waals surface area contributed by atoms with Crippen molar-refractivity contribution >= 4 is 12.0 Å². The van der Waals surface area contributed by atoms with Gasteiger partial charge in [-0.2, -0.15) is 0 Å². The number of imidazole rings is 1. The number of nitrogens with zero attached hydrogens (tertiary/aromatic N) is 2. The number of carbonyl (C=O) groups is 1. The van der Waals surface area contributed by atoms with Crippen molar-refractivity contribution < 1.29 is 9.53 Å². The molecule has 0 aliphatic carbocycles. The van der Waals surface area contributed by atoms with E-state index < -0.39 is 17.9 Å². The second kappa shape index (κ2) is 5.97. The zero-order valence-corrected chi connectivity index (χ0v) is 12.4. The van der Waals surface area contributed by atoms with E-state index in [1.165, 1.54) is 17.0 Å². The smallest absolute Gasteiger partial charge is 0.421 e. The van der Waals surface area contributed by atoms with E-state index in [2.05, 4.69) is 10.3 Å². The number of hydrogen-bond donors (Lipinski definition) is 2. The van der Waals surface area contributed by atoms with E-state index >= 15 is 0 Å². The number of hydrogen-bond acceptors (Lipinski definition) is 5. The number of benzene rings is 1. The molecule has 3 N–H and O–H groups in total. The standard InChI is InChI=1S/C15H20N4O2/c1-15(2,3)21-14(20)19-10-9-17-13(19)18-12(16)11-7-5-4-6-8-11/h4-10,12H,16H2,1-3H3,(H,17,18). The summed E-state index contributed by atoms with van der Waals surface area (Å²) >= 11 is 0. The minimum Gasteiger partial charge on any atom is -0.443 e. The molecular weight excluding hydrogens is 268 g/mol. The van der Waals surface area contributed by atoms with Gasteiger partial charge in [-0.3, -0.25) is 0 Å². The lowest BCUT2D eigenvalue weighted by Crippen LogP contribution is -2.29. The summed E-state index contributed by atoms with van der Waals surface area (Å²) in [7, 11) is 0. The summed E-state index contributed by atoms with van der Waals surface area (Å²) in [6.07, 6.45) is 2.09. The Labute approximate surface area is 123 Å². The predicted octanol–water partition coefficient (Wildman–Crippen LogP) is 2.74. The average molecular weight is 288 g/mol. The Morgan fingerprint density at radius 1 is 1.33 bits per heavy atom. The van der Waals surface area contributed by atoms with Gasteiger partial charge in [-0.1, -0.05) is 30.3 Å². The van der Waals surface area contributed by atoms with Crippen molar-refractivity contribution in [1.29, 1.82) is 0 Å². The molecule has 6 heteroatoms. The van der Waals surface area contributed by atoms with E-state index in [0.717, 1.165) is 5.56 Å². The molecule has 1 aromatic heterocycles. The first-order chi connectivity index (χ1) is 9.87. The zero-order valence-electron chi connectivity index (χ0n) is 12.4. The van der Waals surface area contributed by atoms with Crippen LogP contribution in [-0.4, -0.2) is 21.2 Å². The predicted molar refractivity (Wildman–Crippen MR) is 80.9 cm³/mol. The molecule has 0 radical (unpaired) electrons. The van der Waals surface area contributed by atoms with Crippen molar-refractivity contribution in [3.8, 4) is 0 Å². The highest BCUT2D eigenvalue weighted by atomic mass is 16.6. The van der Waals surface area contributed by atoms with Gasteiger partial charge in [0.05, 0.1) is 0 Å². The molecule has 0 fully saturated rings. The molecule has 0 aliphatic heterocycles. The molecule has 0 amide bonds. The second-order valence-electron chi connectivity index (χ2n) is 5.63. The lowest BCUT2D eigenvalue weighted by atomic mass is 10.2. The van der Waals surface area contributed by atoms with Crippen LogP contribution in [0.1, 0.15) is 32.5 Å². The van der Waals surface area contributed by atoms with Gasteiger partial charge in [0.1, 0.15) is 11.8 Å². The van der Waals surface area contributed by atoms with Gasteiger partial charge in [-0.05, 0) is 26.3 Å². The van der Waals surface area contributed by atoms with Gasteiger partial charge in [0.2, 0.25) is 5.95 Å². The Kier molecular flexibility index (Phi) is 4.28. The van der Waals surface area contributed by atoms with Gasteiger partial charge >= 0.3 is 6.09 Å². The minimum absolute atomic E-state index is 0.348. The first-order valence-electron chi connectivity index (χ1n) is 6.70. The van der Waals surface area contributed by atoms with Crippen molar-refractivity contribution in [2.75, 3.05) is 5.32 Å². The topological polar surface area (TPSA) is 82.2 Å². The van der Waals surface area contributed by atoms with Crippen molar-refractivity contribution in [2.45, 2.75) is 32.5 Å².